The highest BCUT2D eigenvalue weighted by Gasteiger charge is 2.11. The molecule has 0 unspecified atom stereocenters. The average molecular weight is 390 g/mol. The number of benzene rings is 1. The molecule has 1 aromatic carbocycles. The third-order valence-corrected chi connectivity index (χ3v) is 4.31. The van der Waals surface area contributed by atoms with Crippen molar-refractivity contribution >= 4 is 27.7 Å². The molecule has 0 spiro atoms. The number of pyridine rings is 1. The average Bonchev–Trinajstić information content (AvgIpc) is 2.57. The molecular weight excluding hydrogens is 370 g/mol. The maximum atomic E-state index is 12.0. The van der Waals surface area contributed by atoms with Crippen LogP contribution in [0, 0.1) is 0 Å². The molecule has 0 aliphatic carbocycles. The van der Waals surface area contributed by atoms with Gasteiger partial charge in [0.05, 0.1) is 18.7 Å². The lowest BCUT2D eigenvalue weighted by Gasteiger charge is -2.20. The molecule has 0 radical (unpaired) electrons. The molecule has 2 aromatic rings. The van der Waals surface area contributed by atoms with Gasteiger partial charge in [-0.25, -0.2) is 0 Å². The number of amides is 2. The highest BCUT2D eigenvalue weighted by molar-refractivity contribution is 9.10. The SMILES string of the molecule is CC(=O)N(CCNC(=O)Cc1ccccc1Br)Cc1ccccn1. The van der Waals surface area contributed by atoms with Crippen LogP contribution in [-0.4, -0.2) is 34.8 Å². The summed E-state index contributed by atoms with van der Waals surface area (Å²) in [6, 6.07) is 13.2. The van der Waals surface area contributed by atoms with Gasteiger partial charge >= 0.3 is 0 Å². The van der Waals surface area contributed by atoms with Gasteiger partial charge in [0.15, 0.2) is 0 Å². The zero-order valence-corrected chi connectivity index (χ0v) is 15.1. The normalized spacial score (nSPS) is 10.2. The lowest BCUT2D eigenvalue weighted by atomic mass is 10.1. The van der Waals surface area contributed by atoms with Gasteiger partial charge in [0.2, 0.25) is 11.8 Å². The number of aromatic nitrogens is 1. The number of nitrogens with zero attached hydrogens (tertiary/aromatic N) is 2. The second-order valence-electron chi connectivity index (χ2n) is 5.38. The third kappa shape index (κ3) is 5.77. The maximum Gasteiger partial charge on any atom is 0.224 e. The summed E-state index contributed by atoms with van der Waals surface area (Å²) in [6.07, 6.45) is 2.01. The molecule has 1 N–H and O–H groups in total. The van der Waals surface area contributed by atoms with Crippen LogP contribution in [0.15, 0.2) is 53.1 Å². The molecule has 1 heterocycles. The number of halogens is 1. The standard InChI is InChI=1S/C18H20BrN3O2/c1-14(23)22(13-16-7-4-5-9-20-16)11-10-21-18(24)12-15-6-2-3-8-17(15)19/h2-9H,10-13H2,1H3,(H,21,24). The van der Waals surface area contributed by atoms with E-state index in [1.165, 1.54) is 6.92 Å². The fourth-order valence-electron chi connectivity index (χ4n) is 2.24. The van der Waals surface area contributed by atoms with Gasteiger partial charge in [-0.3, -0.25) is 14.6 Å². The first-order chi connectivity index (χ1) is 11.6. The van der Waals surface area contributed by atoms with Crippen molar-refractivity contribution in [3.05, 3.63) is 64.4 Å². The summed E-state index contributed by atoms with van der Waals surface area (Å²) in [5.41, 5.74) is 1.76. The van der Waals surface area contributed by atoms with Crippen LogP contribution in [0.4, 0.5) is 0 Å². The van der Waals surface area contributed by atoms with E-state index in [0.29, 0.717) is 26.1 Å². The predicted molar refractivity (Wildman–Crippen MR) is 96.2 cm³/mol. The first-order valence-electron chi connectivity index (χ1n) is 7.72. The van der Waals surface area contributed by atoms with Crippen molar-refractivity contribution in [3.8, 4) is 0 Å². The van der Waals surface area contributed by atoms with Crippen molar-refractivity contribution in [3.63, 3.8) is 0 Å². The molecule has 126 valence electrons. The van der Waals surface area contributed by atoms with E-state index in [0.717, 1.165) is 15.7 Å². The van der Waals surface area contributed by atoms with Crippen LogP contribution < -0.4 is 5.32 Å². The minimum Gasteiger partial charge on any atom is -0.354 e. The van der Waals surface area contributed by atoms with Crippen LogP contribution >= 0.6 is 15.9 Å². The van der Waals surface area contributed by atoms with Crippen molar-refractivity contribution in [2.24, 2.45) is 0 Å². The monoisotopic (exact) mass is 389 g/mol. The predicted octanol–water partition coefficient (Wildman–Crippen LogP) is 2.55. The van der Waals surface area contributed by atoms with Crippen LogP contribution in [-0.2, 0) is 22.6 Å². The van der Waals surface area contributed by atoms with E-state index in [2.05, 4.69) is 26.2 Å². The summed E-state index contributed by atoms with van der Waals surface area (Å²) in [6.45, 7) is 2.82. The van der Waals surface area contributed by atoms with E-state index >= 15 is 0 Å². The van der Waals surface area contributed by atoms with Crippen molar-refractivity contribution in [2.75, 3.05) is 13.1 Å². The van der Waals surface area contributed by atoms with E-state index in [1.54, 1.807) is 11.1 Å². The summed E-state index contributed by atoms with van der Waals surface area (Å²) in [5, 5.41) is 2.86. The summed E-state index contributed by atoms with van der Waals surface area (Å²) in [4.78, 5) is 29.7. The van der Waals surface area contributed by atoms with Crippen molar-refractivity contribution in [1.82, 2.24) is 15.2 Å². The van der Waals surface area contributed by atoms with Gasteiger partial charge in [-0.1, -0.05) is 40.2 Å². The highest BCUT2D eigenvalue weighted by Crippen LogP contribution is 2.16. The van der Waals surface area contributed by atoms with Crippen molar-refractivity contribution in [2.45, 2.75) is 19.9 Å². The molecule has 0 bridgehead atoms. The van der Waals surface area contributed by atoms with Crippen LogP contribution in [0.25, 0.3) is 0 Å². The lowest BCUT2D eigenvalue weighted by Crippen LogP contribution is -2.37. The Hall–Kier alpha value is -2.21. The fraction of sp³-hybridized carbons (Fsp3) is 0.278. The van der Waals surface area contributed by atoms with Gasteiger partial charge in [-0.05, 0) is 23.8 Å². The molecule has 0 aliphatic rings. The van der Waals surface area contributed by atoms with E-state index in [9.17, 15) is 9.59 Å². The number of carbonyl (C=O) groups excluding carboxylic acids is 2. The first kappa shape index (κ1) is 18.1. The molecule has 0 fully saturated rings. The van der Waals surface area contributed by atoms with Gasteiger partial charge in [-0.15, -0.1) is 0 Å². The smallest absolute Gasteiger partial charge is 0.224 e. The highest BCUT2D eigenvalue weighted by atomic mass is 79.9. The van der Waals surface area contributed by atoms with E-state index in [-0.39, 0.29) is 11.8 Å². The van der Waals surface area contributed by atoms with E-state index in [1.807, 2.05) is 42.5 Å². The molecule has 24 heavy (non-hydrogen) atoms. The fourth-order valence-corrected chi connectivity index (χ4v) is 2.67. The molecule has 0 aliphatic heterocycles. The van der Waals surface area contributed by atoms with Crippen LogP contribution in [0.3, 0.4) is 0 Å². The zero-order chi connectivity index (χ0) is 17.4. The molecule has 1 aromatic heterocycles. The van der Waals surface area contributed by atoms with Gasteiger partial charge in [-0.2, -0.15) is 0 Å². The number of carbonyl (C=O) groups is 2. The molecule has 0 saturated heterocycles. The lowest BCUT2D eigenvalue weighted by molar-refractivity contribution is -0.130. The molecular formula is C18H20BrN3O2. The van der Waals surface area contributed by atoms with Crippen molar-refractivity contribution < 1.29 is 9.59 Å². The number of nitrogens with one attached hydrogen (secondary N) is 1. The third-order valence-electron chi connectivity index (χ3n) is 3.54. The number of rotatable bonds is 7. The van der Waals surface area contributed by atoms with E-state index in [4.69, 9.17) is 0 Å². The summed E-state index contributed by atoms with van der Waals surface area (Å²) in [7, 11) is 0. The first-order valence-corrected chi connectivity index (χ1v) is 8.51. The topological polar surface area (TPSA) is 62.3 Å². The Kier molecular flexibility index (Phi) is 6.93. The van der Waals surface area contributed by atoms with Gasteiger partial charge in [0, 0.05) is 30.7 Å². The Bertz CT molecular complexity index is 692. The quantitative estimate of drug-likeness (QED) is 0.791. The van der Waals surface area contributed by atoms with Crippen LogP contribution in [0.2, 0.25) is 0 Å². The Morgan fingerprint density at radius 2 is 1.92 bits per heavy atom. The zero-order valence-electron chi connectivity index (χ0n) is 13.5. The van der Waals surface area contributed by atoms with Gasteiger partial charge in [0.25, 0.3) is 0 Å². The molecule has 0 saturated carbocycles. The van der Waals surface area contributed by atoms with Gasteiger partial charge in [0.1, 0.15) is 0 Å². The Labute approximate surface area is 150 Å². The maximum absolute atomic E-state index is 12.0. The summed E-state index contributed by atoms with van der Waals surface area (Å²) in [5.74, 6) is -0.107. The molecule has 6 heteroatoms. The molecule has 2 rings (SSSR count). The number of hydrogen-bond acceptors (Lipinski definition) is 3. The molecule has 5 nitrogen and oxygen atoms in total. The minimum atomic E-state index is -0.0664. The summed E-state index contributed by atoms with van der Waals surface area (Å²) < 4.78 is 0.917. The van der Waals surface area contributed by atoms with Gasteiger partial charge < -0.3 is 10.2 Å². The number of hydrogen-bond donors (Lipinski definition) is 1. The van der Waals surface area contributed by atoms with E-state index < -0.39 is 0 Å². The minimum absolute atomic E-state index is 0.0410. The van der Waals surface area contributed by atoms with Crippen LogP contribution in [0.5, 0.6) is 0 Å². The Morgan fingerprint density at radius 1 is 1.17 bits per heavy atom. The van der Waals surface area contributed by atoms with Crippen LogP contribution in [0.1, 0.15) is 18.2 Å². The molecule has 0 atom stereocenters. The molecule has 2 amide bonds. The second-order valence-corrected chi connectivity index (χ2v) is 6.23. The summed E-state index contributed by atoms with van der Waals surface area (Å²) >= 11 is 3.43. The largest absolute Gasteiger partial charge is 0.354 e. The van der Waals surface area contributed by atoms with Crippen molar-refractivity contribution in [1.29, 1.82) is 0 Å². The Morgan fingerprint density at radius 3 is 2.58 bits per heavy atom. The Balaban J connectivity index is 1.81. The second kappa shape index (κ2) is 9.17.